The first kappa shape index (κ1) is 9.31. The van der Waals surface area contributed by atoms with Gasteiger partial charge in [0.05, 0.1) is 9.16 Å². The van der Waals surface area contributed by atoms with Gasteiger partial charge in [-0.1, -0.05) is 21.6 Å². The van der Waals surface area contributed by atoms with Gasteiger partial charge in [-0.05, 0) is 34.2 Å². The van der Waals surface area contributed by atoms with Crippen LogP contribution in [0, 0.1) is 0 Å². The average Bonchev–Trinajstić information content (AvgIpc) is 1.79. The molecule has 2 aliphatic heterocycles. The molecule has 0 spiro atoms. The predicted molar refractivity (Wildman–Crippen MR) is 64.5 cm³/mol. The minimum Gasteiger partial charge on any atom is -0.147 e. The van der Waals surface area contributed by atoms with Crippen LogP contribution in [-0.2, 0) is 0 Å². The largest absolute Gasteiger partial charge is 0.147 e. The molecule has 0 aromatic heterocycles. The van der Waals surface area contributed by atoms with Gasteiger partial charge in [0.15, 0.2) is 0 Å². The first-order chi connectivity index (χ1) is 5.45. The summed E-state index contributed by atoms with van der Waals surface area (Å²) in [6, 6.07) is 0. The molecule has 2 rings (SSSR count). The molecule has 11 heavy (non-hydrogen) atoms. The van der Waals surface area contributed by atoms with Crippen LogP contribution in [0.2, 0.25) is 0 Å². The van der Waals surface area contributed by atoms with Crippen molar-refractivity contribution in [3.63, 3.8) is 0 Å². The summed E-state index contributed by atoms with van der Waals surface area (Å²) >= 11 is 4.21. The summed E-state index contributed by atoms with van der Waals surface area (Å²) in [4.78, 5) is 0. The molecule has 0 radical (unpaired) electrons. The molecule has 2 atom stereocenters. The van der Waals surface area contributed by atoms with Crippen LogP contribution in [-0.4, -0.2) is 20.7 Å². The summed E-state index contributed by atoms with van der Waals surface area (Å²) in [6.45, 7) is 0. The van der Waals surface area contributed by atoms with Crippen LogP contribution in [0.15, 0.2) is 0 Å². The fourth-order valence-electron chi connectivity index (χ4n) is 0.690. The van der Waals surface area contributed by atoms with Crippen molar-refractivity contribution in [3.05, 3.63) is 0 Å². The molecule has 0 aromatic rings. The molecule has 2 fully saturated rings. The molecule has 0 N–H and O–H groups in total. The van der Waals surface area contributed by atoms with E-state index in [2.05, 4.69) is 45.1 Å². The summed E-state index contributed by atoms with van der Waals surface area (Å²) in [6.07, 6.45) is 2.86. The van der Waals surface area contributed by atoms with Crippen molar-refractivity contribution in [1.82, 2.24) is 0 Å². The quantitative estimate of drug-likeness (QED) is 0.683. The third-order valence-electron chi connectivity index (χ3n) is 1.61. The molecule has 0 aromatic carbocycles. The van der Waals surface area contributed by atoms with Crippen LogP contribution in [0.25, 0.3) is 0 Å². The van der Waals surface area contributed by atoms with Gasteiger partial charge in [0.2, 0.25) is 0 Å². The molecule has 64 valence electrons. The van der Waals surface area contributed by atoms with Gasteiger partial charge in [-0.15, -0.1) is 23.5 Å². The molecule has 0 nitrogen and oxygen atoms in total. The highest BCUT2D eigenvalue weighted by Gasteiger charge is 2.22. The molecule has 5 heteroatoms. The fraction of sp³-hybridized carbons (Fsp3) is 1.00. The van der Waals surface area contributed by atoms with Crippen LogP contribution < -0.4 is 0 Å². The molecular weight excluding hydrogens is 232 g/mol. The zero-order valence-electron chi connectivity index (χ0n) is 6.02. The monoisotopic (exact) mass is 242 g/mol. The number of rotatable bonds is 4. The number of thioether (sulfide) groups is 2. The topological polar surface area (TPSA) is 0 Å². The van der Waals surface area contributed by atoms with Crippen molar-refractivity contribution >= 4 is 54.9 Å². The highest BCUT2D eigenvalue weighted by Crippen LogP contribution is 2.53. The van der Waals surface area contributed by atoms with Gasteiger partial charge in [0.25, 0.3) is 0 Å². The van der Waals surface area contributed by atoms with Crippen LogP contribution >= 0.6 is 54.9 Å². The van der Waals surface area contributed by atoms with Crippen LogP contribution in [0.4, 0.5) is 0 Å². The van der Waals surface area contributed by atoms with Crippen molar-refractivity contribution in [2.45, 2.75) is 22.0 Å². The first-order valence-electron chi connectivity index (χ1n) is 3.67. The molecule has 2 aliphatic rings. The fourth-order valence-corrected chi connectivity index (χ4v) is 9.52. The van der Waals surface area contributed by atoms with Crippen LogP contribution in [0.3, 0.4) is 0 Å². The Kier molecular flexibility index (Phi) is 4.10. The zero-order valence-corrected chi connectivity index (χ0v) is 10.1. The summed E-state index contributed by atoms with van der Waals surface area (Å²) in [5, 5.41) is 0. The minimum atomic E-state index is 0.914. The summed E-state index contributed by atoms with van der Waals surface area (Å²) in [7, 11) is 6.15. The maximum Gasteiger partial charge on any atom is 0.0622 e. The van der Waals surface area contributed by atoms with Crippen LogP contribution in [0.1, 0.15) is 12.8 Å². The van der Waals surface area contributed by atoms with Gasteiger partial charge in [0.1, 0.15) is 0 Å². The summed E-state index contributed by atoms with van der Waals surface area (Å²) < 4.78 is 1.83. The Labute approximate surface area is 88.0 Å². The third-order valence-corrected chi connectivity index (χ3v) is 10.2. The Morgan fingerprint density at radius 2 is 1.36 bits per heavy atom. The lowest BCUT2D eigenvalue weighted by molar-refractivity contribution is 1.01. The molecule has 0 amide bonds. The molecule has 2 unspecified atom stereocenters. The molecule has 2 saturated heterocycles. The van der Waals surface area contributed by atoms with Gasteiger partial charge < -0.3 is 0 Å². The molecule has 0 saturated carbocycles. The van der Waals surface area contributed by atoms with E-state index in [0.29, 0.717) is 0 Å². The van der Waals surface area contributed by atoms with E-state index in [1.54, 1.807) is 0 Å². The van der Waals surface area contributed by atoms with Crippen LogP contribution in [0.5, 0.6) is 0 Å². The zero-order chi connectivity index (χ0) is 7.52. The highest BCUT2D eigenvalue weighted by atomic mass is 33.5. The molecule has 0 aliphatic carbocycles. The molecule has 2 heterocycles. The molecular formula is C6H10S5. The average molecular weight is 242 g/mol. The second-order valence-corrected chi connectivity index (χ2v) is 10.1. The lowest BCUT2D eigenvalue weighted by Crippen LogP contribution is -2.10. The van der Waals surface area contributed by atoms with E-state index in [1.165, 1.54) is 24.3 Å². The van der Waals surface area contributed by atoms with E-state index < -0.39 is 0 Å². The van der Waals surface area contributed by atoms with Crippen molar-refractivity contribution in [2.75, 3.05) is 11.5 Å². The van der Waals surface area contributed by atoms with Gasteiger partial charge in [0, 0.05) is 0 Å². The Morgan fingerprint density at radius 3 is 1.64 bits per heavy atom. The van der Waals surface area contributed by atoms with Gasteiger partial charge in [-0.2, -0.15) is 0 Å². The Balaban J connectivity index is 1.46. The van der Waals surface area contributed by atoms with E-state index in [1.807, 2.05) is 9.83 Å². The number of hydrogen-bond acceptors (Lipinski definition) is 5. The maximum absolute atomic E-state index is 2.10. The summed E-state index contributed by atoms with van der Waals surface area (Å²) in [5.74, 6) is 2.78. The second kappa shape index (κ2) is 4.84. The number of hydrogen-bond donors (Lipinski definition) is 0. The van der Waals surface area contributed by atoms with E-state index in [9.17, 15) is 0 Å². The van der Waals surface area contributed by atoms with Crippen molar-refractivity contribution in [2.24, 2.45) is 0 Å². The Bertz CT molecular complexity index is 106. The molecule has 0 bridgehead atoms. The second-order valence-electron chi connectivity index (χ2n) is 2.44. The van der Waals surface area contributed by atoms with Gasteiger partial charge in [-0.3, -0.25) is 0 Å². The summed E-state index contributed by atoms with van der Waals surface area (Å²) in [5.41, 5.74) is 0. The minimum absolute atomic E-state index is 0.914. The normalized spacial score (nSPS) is 36.0. The van der Waals surface area contributed by atoms with Crippen molar-refractivity contribution in [1.29, 1.82) is 0 Å². The van der Waals surface area contributed by atoms with Crippen molar-refractivity contribution in [3.8, 4) is 0 Å². The predicted octanol–water partition coefficient (Wildman–Crippen LogP) is 3.94. The lowest BCUT2D eigenvalue weighted by atomic mass is 10.5. The Morgan fingerprint density at radius 1 is 0.909 bits per heavy atom. The lowest BCUT2D eigenvalue weighted by Gasteiger charge is -2.26. The van der Waals surface area contributed by atoms with E-state index >= 15 is 0 Å². The van der Waals surface area contributed by atoms with E-state index in [4.69, 9.17) is 0 Å². The first-order valence-corrected chi connectivity index (χ1v) is 9.38. The van der Waals surface area contributed by atoms with E-state index in [0.717, 1.165) is 9.16 Å². The smallest absolute Gasteiger partial charge is 0.0622 e. The maximum atomic E-state index is 2.10. The van der Waals surface area contributed by atoms with Gasteiger partial charge >= 0.3 is 0 Å². The highest BCUT2D eigenvalue weighted by molar-refractivity contribution is 9.10. The standard InChI is InChI=1S/C6H10S5/c1-3-7-5(1)9-11-10-6-2-4-8-6/h5-6H,1-4H2. The van der Waals surface area contributed by atoms with Gasteiger partial charge in [-0.25, -0.2) is 0 Å². The SMILES string of the molecule is C1CC(SSSC2CCS2)S1. The van der Waals surface area contributed by atoms with E-state index in [-0.39, 0.29) is 0 Å². The van der Waals surface area contributed by atoms with Crippen molar-refractivity contribution < 1.29 is 0 Å². The Hall–Kier alpha value is 1.75. The third kappa shape index (κ3) is 2.86.